The number of H-pyrrole nitrogens is 1. The van der Waals surface area contributed by atoms with Crippen LogP contribution in [0.4, 0.5) is 0 Å². The van der Waals surface area contributed by atoms with Crippen LogP contribution in [0.3, 0.4) is 0 Å². The fraction of sp³-hybridized carbons (Fsp3) is 0.500. The van der Waals surface area contributed by atoms with E-state index in [1.165, 1.54) is 0 Å². The molecule has 0 radical (unpaired) electrons. The van der Waals surface area contributed by atoms with Gasteiger partial charge in [0.05, 0.1) is 17.1 Å². The van der Waals surface area contributed by atoms with Crippen molar-refractivity contribution < 1.29 is 9.90 Å². The maximum absolute atomic E-state index is 12.4. The summed E-state index contributed by atoms with van der Waals surface area (Å²) in [6, 6.07) is 1.77. The van der Waals surface area contributed by atoms with Crippen LogP contribution in [0.5, 0.6) is 0 Å². The molecule has 2 aromatic heterocycles. The van der Waals surface area contributed by atoms with E-state index in [2.05, 4.69) is 25.8 Å². The van der Waals surface area contributed by atoms with Gasteiger partial charge in [-0.15, -0.1) is 24.8 Å². The van der Waals surface area contributed by atoms with Gasteiger partial charge in [-0.3, -0.25) is 9.89 Å². The molecule has 2 atom stereocenters. The smallest absolute Gasteiger partial charge is 0.252 e. The predicted molar refractivity (Wildman–Crippen MR) is 92.6 cm³/mol. The number of nitrogens with one attached hydrogen (secondary N) is 3. The molecule has 1 aliphatic rings. The molecule has 0 saturated carbocycles. The van der Waals surface area contributed by atoms with Crippen molar-refractivity contribution in [3.05, 3.63) is 23.0 Å². The quantitative estimate of drug-likeness (QED) is 0.645. The SMILES string of the molecule is Cc1cc(C(=O)NCC2CNCC2O)c2c(C)[nH]nc2n1.Cl.Cl. The highest BCUT2D eigenvalue weighted by molar-refractivity contribution is 6.06. The summed E-state index contributed by atoms with van der Waals surface area (Å²) in [5.41, 5.74) is 2.70. The monoisotopic (exact) mass is 361 g/mol. The fourth-order valence-corrected chi connectivity index (χ4v) is 2.73. The van der Waals surface area contributed by atoms with Crippen LogP contribution < -0.4 is 10.6 Å². The number of nitrogens with zero attached hydrogens (tertiary/aromatic N) is 2. The topological polar surface area (TPSA) is 103 Å². The van der Waals surface area contributed by atoms with Crippen molar-refractivity contribution >= 4 is 41.8 Å². The molecule has 9 heteroatoms. The normalized spacial score (nSPS) is 20.0. The summed E-state index contributed by atoms with van der Waals surface area (Å²) >= 11 is 0. The number of aliphatic hydroxyl groups is 1. The van der Waals surface area contributed by atoms with E-state index in [1.54, 1.807) is 6.07 Å². The highest BCUT2D eigenvalue weighted by atomic mass is 35.5. The van der Waals surface area contributed by atoms with Crippen molar-refractivity contribution in [3.63, 3.8) is 0 Å². The van der Waals surface area contributed by atoms with Gasteiger partial charge in [0.1, 0.15) is 0 Å². The number of rotatable bonds is 3. The molecule has 128 valence electrons. The number of carbonyl (C=O) groups is 1. The number of aromatic amines is 1. The van der Waals surface area contributed by atoms with Crippen LogP contribution in [0, 0.1) is 19.8 Å². The molecule has 1 amide bonds. The molecule has 2 aromatic rings. The molecule has 1 saturated heterocycles. The molecular weight excluding hydrogens is 341 g/mol. The minimum absolute atomic E-state index is 0. The average molecular weight is 362 g/mol. The zero-order chi connectivity index (χ0) is 15.0. The molecule has 7 nitrogen and oxygen atoms in total. The molecule has 3 heterocycles. The molecule has 2 unspecified atom stereocenters. The number of aryl methyl sites for hydroxylation is 2. The minimum atomic E-state index is -0.403. The fourth-order valence-electron chi connectivity index (χ4n) is 2.73. The number of halogens is 2. The van der Waals surface area contributed by atoms with Gasteiger partial charge in [0.15, 0.2) is 5.65 Å². The molecule has 3 rings (SSSR count). The summed E-state index contributed by atoms with van der Waals surface area (Å²) in [5, 5.41) is 23.5. The first kappa shape index (κ1) is 19.6. The van der Waals surface area contributed by atoms with Gasteiger partial charge in [-0.1, -0.05) is 0 Å². The van der Waals surface area contributed by atoms with Gasteiger partial charge in [-0.25, -0.2) is 4.98 Å². The summed E-state index contributed by atoms with van der Waals surface area (Å²) in [6.45, 7) is 5.46. The average Bonchev–Trinajstić information content (AvgIpc) is 3.02. The van der Waals surface area contributed by atoms with Crippen molar-refractivity contribution in [1.82, 2.24) is 25.8 Å². The first-order valence-electron chi connectivity index (χ1n) is 7.05. The lowest BCUT2D eigenvalue weighted by Gasteiger charge is -2.14. The Balaban J connectivity index is 0.00000132. The van der Waals surface area contributed by atoms with Crippen LogP contribution >= 0.6 is 24.8 Å². The Kier molecular flexibility index (Phi) is 6.76. The third kappa shape index (κ3) is 3.92. The number of hydrogen-bond donors (Lipinski definition) is 4. The number of β-amino-alcohol motifs (C(OH)–C–C–N with tert-alkyl or cyclic N) is 1. The molecule has 0 aromatic carbocycles. The number of hydrogen-bond acceptors (Lipinski definition) is 5. The van der Waals surface area contributed by atoms with E-state index in [-0.39, 0.29) is 36.6 Å². The van der Waals surface area contributed by atoms with Gasteiger partial charge in [-0.05, 0) is 19.9 Å². The van der Waals surface area contributed by atoms with E-state index >= 15 is 0 Å². The van der Waals surface area contributed by atoms with Crippen LogP contribution in [-0.4, -0.2) is 51.9 Å². The van der Waals surface area contributed by atoms with E-state index in [1.807, 2.05) is 13.8 Å². The number of fused-ring (bicyclic) bond motifs is 1. The number of amides is 1. The molecule has 0 bridgehead atoms. The second-order valence-electron chi connectivity index (χ2n) is 5.55. The second kappa shape index (κ2) is 7.92. The van der Waals surface area contributed by atoms with Crippen molar-refractivity contribution in [2.45, 2.75) is 20.0 Å². The van der Waals surface area contributed by atoms with Crippen molar-refractivity contribution in [2.24, 2.45) is 5.92 Å². The third-order valence-corrected chi connectivity index (χ3v) is 3.91. The van der Waals surface area contributed by atoms with Gasteiger partial charge in [-0.2, -0.15) is 5.10 Å². The molecule has 1 fully saturated rings. The van der Waals surface area contributed by atoms with Gasteiger partial charge in [0, 0.05) is 36.9 Å². The maximum Gasteiger partial charge on any atom is 0.252 e. The Morgan fingerprint density at radius 2 is 2.13 bits per heavy atom. The van der Waals surface area contributed by atoms with Gasteiger partial charge >= 0.3 is 0 Å². The van der Waals surface area contributed by atoms with Crippen LogP contribution in [-0.2, 0) is 0 Å². The van der Waals surface area contributed by atoms with Crippen LogP contribution in [0.1, 0.15) is 21.7 Å². The minimum Gasteiger partial charge on any atom is -0.391 e. The highest BCUT2D eigenvalue weighted by Crippen LogP contribution is 2.20. The first-order chi connectivity index (χ1) is 10.1. The van der Waals surface area contributed by atoms with Crippen molar-refractivity contribution in [3.8, 4) is 0 Å². The van der Waals surface area contributed by atoms with Gasteiger partial charge in [0.2, 0.25) is 0 Å². The zero-order valence-corrected chi connectivity index (χ0v) is 14.6. The van der Waals surface area contributed by atoms with Gasteiger partial charge < -0.3 is 15.7 Å². The van der Waals surface area contributed by atoms with E-state index in [4.69, 9.17) is 0 Å². The van der Waals surface area contributed by atoms with Gasteiger partial charge in [0.25, 0.3) is 5.91 Å². The standard InChI is InChI=1S/C14H19N5O2.2ClH/c1-7-3-10(12-8(2)18-19-13(12)17-7)14(21)16-5-9-4-15-6-11(9)20;;/h3,9,11,15,20H,4-6H2,1-2H3,(H,16,21)(H,17,18,19);2*1H. The maximum atomic E-state index is 12.4. The third-order valence-electron chi connectivity index (χ3n) is 3.91. The predicted octanol–water partition coefficient (Wildman–Crippen LogP) is 0.728. The highest BCUT2D eigenvalue weighted by Gasteiger charge is 2.25. The van der Waals surface area contributed by atoms with E-state index in [0.29, 0.717) is 24.3 Å². The number of pyridine rings is 1. The van der Waals surface area contributed by atoms with Crippen molar-refractivity contribution in [2.75, 3.05) is 19.6 Å². The molecule has 23 heavy (non-hydrogen) atoms. The number of carbonyl (C=O) groups excluding carboxylic acids is 1. The zero-order valence-electron chi connectivity index (χ0n) is 12.9. The van der Waals surface area contributed by atoms with Crippen LogP contribution in [0.2, 0.25) is 0 Å². The lowest BCUT2D eigenvalue weighted by Crippen LogP contribution is -2.34. The molecule has 1 aliphatic heterocycles. The summed E-state index contributed by atoms with van der Waals surface area (Å²) < 4.78 is 0. The first-order valence-corrected chi connectivity index (χ1v) is 7.05. The lowest BCUT2D eigenvalue weighted by molar-refractivity contribution is 0.0928. The van der Waals surface area contributed by atoms with Crippen LogP contribution in [0.25, 0.3) is 11.0 Å². The van der Waals surface area contributed by atoms with Crippen molar-refractivity contribution in [1.29, 1.82) is 0 Å². The Labute approximate surface area is 146 Å². The Morgan fingerprint density at radius 3 is 2.78 bits per heavy atom. The second-order valence-corrected chi connectivity index (χ2v) is 5.55. The van der Waals surface area contributed by atoms with E-state index in [0.717, 1.165) is 23.3 Å². The van der Waals surface area contributed by atoms with Crippen LogP contribution in [0.15, 0.2) is 6.07 Å². The summed E-state index contributed by atoms with van der Waals surface area (Å²) in [5.74, 6) is -0.105. The Hall–Kier alpha value is -1.41. The summed E-state index contributed by atoms with van der Waals surface area (Å²) in [7, 11) is 0. The Bertz CT molecular complexity index is 691. The number of aliphatic hydroxyl groups excluding tert-OH is 1. The molecule has 4 N–H and O–H groups in total. The van der Waals surface area contributed by atoms with E-state index < -0.39 is 6.10 Å². The largest absolute Gasteiger partial charge is 0.391 e. The Morgan fingerprint density at radius 1 is 1.39 bits per heavy atom. The summed E-state index contributed by atoms with van der Waals surface area (Å²) in [4.78, 5) is 16.8. The molecule has 0 aliphatic carbocycles. The lowest BCUT2D eigenvalue weighted by atomic mass is 10.1. The summed E-state index contributed by atoms with van der Waals surface area (Å²) in [6.07, 6.45) is -0.403. The number of aromatic nitrogens is 3. The molecule has 0 spiro atoms. The molecular formula is C14H21Cl2N5O2. The van der Waals surface area contributed by atoms with E-state index in [9.17, 15) is 9.90 Å².